The highest BCUT2D eigenvalue weighted by atomic mass is 16.6. The fourth-order valence-corrected chi connectivity index (χ4v) is 9.60. The monoisotopic (exact) mass is 1120 g/mol. The summed E-state index contributed by atoms with van der Waals surface area (Å²) >= 11 is 0. The van der Waals surface area contributed by atoms with Gasteiger partial charge < -0.3 is 14.2 Å². The molecule has 0 aliphatic carbocycles. The third-order valence-corrected chi connectivity index (χ3v) is 14.7. The first-order chi connectivity index (χ1) is 40.0. The van der Waals surface area contributed by atoms with Gasteiger partial charge in [-0.25, -0.2) is 0 Å². The number of allylic oxidation sites excluding steroid dienone is 18. The van der Waals surface area contributed by atoms with Crippen molar-refractivity contribution >= 4 is 17.9 Å². The Morgan fingerprint density at radius 3 is 0.815 bits per heavy atom. The largest absolute Gasteiger partial charge is 0.462 e. The van der Waals surface area contributed by atoms with Gasteiger partial charge in [-0.2, -0.15) is 0 Å². The Bertz CT molecular complexity index is 1620. The van der Waals surface area contributed by atoms with Crippen LogP contribution in [0.5, 0.6) is 0 Å². The Hall–Kier alpha value is -3.93. The predicted molar refractivity (Wildman–Crippen MR) is 353 cm³/mol. The number of carbonyl (C=O) groups is 3. The molecular formula is C75H128O6. The first-order valence-electron chi connectivity index (χ1n) is 34.4. The van der Waals surface area contributed by atoms with Gasteiger partial charge in [-0.3, -0.25) is 14.4 Å². The van der Waals surface area contributed by atoms with E-state index in [9.17, 15) is 14.4 Å². The number of hydrogen-bond acceptors (Lipinski definition) is 6. The maximum Gasteiger partial charge on any atom is 0.306 e. The van der Waals surface area contributed by atoms with Gasteiger partial charge in [-0.15, -0.1) is 0 Å². The summed E-state index contributed by atoms with van der Waals surface area (Å²) < 4.78 is 16.9. The van der Waals surface area contributed by atoms with Crippen molar-refractivity contribution in [1.29, 1.82) is 0 Å². The summed E-state index contributed by atoms with van der Waals surface area (Å²) in [7, 11) is 0. The molecule has 0 aromatic carbocycles. The van der Waals surface area contributed by atoms with E-state index in [0.29, 0.717) is 19.3 Å². The Morgan fingerprint density at radius 1 is 0.259 bits per heavy atom. The van der Waals surface area contributed by atoms with Crippen LogP contribution in [-0.4, -0.2) is 37.2 Å². The fourth-order valence-electron chi connectivity index (χ4n) is 9.60. The van der Waals surface area contributed by atoms with Crippen molar-refractivity contribution in [3.63, 3.8) is 0 Å². The molecule has 0 amide bonds. The van der Waals surface area contributed by atoms with Crippen LogP contribution in [0.4, 0.5) is 0 Å². The van der Waals surface area contributed by atoms with E-state index >= 15 is 0 Å². The van der Waals surface area contributed by atoms with Gasteiger partial charge in [0.05, 0.1) is 0 Å². The molecule has 0 bridgehead atoms. The van der Waals surface area contributed by atoms with Gasteiger partial charge in [-0.05, 0) is 122 Å². The van der Waals surface area contributed by atoms with Gasteiger partial charge in [0, 0.05) is 19.3 Å². The summed E-state index contributed by atoms with van der Waals surface area (Å²) in [6.45, 7) is 6.49. The SMILES string of the molecule is CC/C=C\C/C=C\C/C=C\C/C=C\C/C=C\CCCC(=O)OCC(COC(=O)CCCCCCCCCCCC/C=C\C/C=C\C/C=C\CCCCCCC)OC(=O)CCCCCCCCCCC/C=C\CCCCCCCCCC. The zero-order valence-electron chi connectivity index (χ0n) is 53.3. The number of ether oxygens (including phenoxy) is 3. The molecule has 81 heavy (non-hydrogen) atoms. The predicted octanol–water partition coefficient (Wildman–Crippen LogP) is 23.8. The number of carbonyl (C=O) groups excluding carboxylic acids is 3. The quantitative estimate of drug-likeness (QED) is 0.0261. The van der Waals surface area contributed by atoms with Crippen molar-refractivity contribution in [3.05, 3.63) is 109 Å². The summed E-state index contributed by atoms with van der Waals surface area (Å²) in [5.74, 6) is -0.954. The van der Waals surface area contributed by atoms with Crippen LogP contribution in [0, 0.1) is 0 Å². The minimum absolute atomic E-state index is 0.0986. The molecule has 0 aliphatic rings. The van der Waals surface area contributed by atoms with Crippen LogP contribution in [-0.2, 0) is 28.6 Å². The lowest BCUT2D eigenvalue weighted by Crippen LogP contribution is -2.30. The Labute approximate surface area is 501 Å². The molecule has 0 rings (SSSR count). The van der Waals surface area contributed by atoms with Crippen molar-refractivity contribution in [2.24, 2.45) is 0 Å². The first kappa shape index (κ1) is 77.1. The van der Waals surface area contributed by atoms with Crippen LogP contribution in [0.15, 0.2) is 109 Å². The summed E-state index contributed by atoms with van der Waals surface area (Å²) in [6, 6.07) is 0. The lowest BCUT2D eigenvalue weighted by atomic mass is 10.0. The van der Waals surface area contributed by atoms with Crippen LogP contribution in [0.3, 0.4) is 0 Å². The average Bonchev–Trinajstić information content (AvgIpc) is 3.47. The molecule has 0 heterocycles. The molecule has 0 aliphatic heterocycles. The van der Waals surface area contributed by atoms with E-state index in [2.05, 4.69) is 130 Å². The fraction of sp³-hybridized carbons (Fsp3) is 0.720. The minimum atomic E-state index is -0.808. The third-order valence-electron chi connectivity index (χ3n) is 14.7. The summed E-state index contributed by atoms with van der Waals surface area (Å²) in [5, 5.41) is 0. The van der Waals surface area contributed by atoms with Crippen LogP contribution >= 0.6 is 0 Å². The molecule has 1 unspecified atom stereocenters. The second kappa shape index (κ2) is 68.6. The third kappa shape index (κ3) is 66.8. The molecule has 0 N–H and O–H groups in total. The second-order valence-electron chi connectivity index (χ2n) is 22.7. The number of unbranched alkanes of at least 4 members (excludes halogenated alkanes) is 33. The molecular weight excluding hydrogens is 997 g/mol. The first-order valence-corrected chi connectivity index (χ1v) is 34.4. The van der Waals surface area contributed by atoms with E-state index in [-0.39, 0.29) is 37.5 Å². The van der Waals surface area contributed by atoms with Gasteiger partial charge in [0.25, 0.3) is 0 Å². The lowest BCUT2D eigenvalue weighted by Gasteiger charge is -2.18. The van der Waals surface area contributed by atoms with Crippen LogP contribution in [0.2, 0.25) is 0 Å². The van der Waals surface area contributed by atoms with Crippen LogP contribution in [0.25, 0.3) is 0 Å². The Kier molecular flexibility index (Phi) is 65.2. The van der Waals surface area contributed by atoms with Crippen LogP contribution < -0.4 is 0 Å². The number of rotatable bonds is 62. The molecule has 1 atom stereocenters. The van der Waals surface area contributed by atoms with Gasteiger partial charge in [0.15, 0.2) is 6.10 Å². The molecule has 0 aromatic heterocycles. The van der Waals surface area contributed by atoms with Gasteiger partial charge in [0.2, 0.25) is 0 Å². The highest BCUT2D eigenvalue weighted by molar-refractivity contribution is 5.71. The highest BCUT2D eigenvalue weighted by Gasteiger charge is 2.19. The Balaban J connectivity index is 4.42. The van der Waals surface area contributed by atoms with Crippen molar-refractivity contribution < 1.29 is 28.6 Å². The van der Waals surface area contributed by atoms with Gasteiger partial charge in [0.1, 0.15) is 13.2 Å². The molecule has 6 heteroatoms. The zero-order valence-corrected chi connectivity index (χ0v) is 53.3. The summed E-state index contributed by atoms with van der Waals surface area (Å²) in [4.78, 5) is 38.4. The molecule has 464 valence electrons. The smallest absolute Gasteiger partial charge is 0.306 e. The standard InChI is InChI=1S/C75H128O6/c1-4-7-10-13-16-19-22-25-28-31-33-35-36-37-38-40-41-44-47-50-53-56-59-62-65-68-74(77)80-71-72(70-79-73(76)67-64-61-58-55-52-49-46-43-30-27-24-21-18-15-12-9-6-3)81-75(78)69-66-63-60-57-54-51-48-45-42-39-34-32-29-26-23-20-17-14-11-8-5-2/h9,12,18,21-22,25,27,30-34,36-37,46,49,55,58,72H,4-8,10-11,13-17,19-20,23-24,26,28-29,35,38-45,47-48,50-54,56-57,59-71H2,1-3H3/b12-9-,21-18-,25-22-,30-27-,33-31-,34-32-,37-36-,49-46-,58-55-. The highest BCUT2D eigenvalue weighted by Crippen LogP contribution is 2.16. The molecule has 6 nitrogen and oxygen atoms in total. The topological polar surface area (TPSA) is 78.9 Å². The molecule has 0 aromatic rings. The maximum atomic E-state index is 13.0. The average molecular weight is 1130 g/mol. The van der Waals surface area contributed by atoms with E-state index in [4.69, 9.17) is 14.2 Å². The van der Waals surface area contributed by atoms with E-state index in [0.717, 1.165) is 89.9 Å². The van der Waals surface area contributed by atoms with Crippen molar-refractivity contribution in [1.82, 2.24) is 0 Å². The Morgan fingerprint density at radius 2 is 0.494 bits per heavy atom. The molecule has 0 saturated carbocycles. The second-order valence-corrected chi connectivity index (χ2v) is 22.7. The van der Waals surface area contributed by atoms with Gasteiger partial charge >= 0.3 is 17.9 Å². The molecule has 0 saturated heterocycles. The van der Waals surface area contributed by atoms with E-state index in [1.165, 1.54) is 193 Å². The van der Waals surface area contributed by atoms with Gasteiger partial charge in [-0.1, -0.05) is 297 Å². The van der Waals surface area contributed by atoms with Crippen molar-refractivity contribution in [3.8, 4) is 0 Å². The zero-order chi connectivity index (χ0) is 58.5. The number of hydrogen-bond donors (Lipinski definition) is 0. The summed E-state index contributed by atoms with van der Waals surface area (Å²) in [6.07, 6.45) is 94.0. The normalized spacial score (nSPS) is 12.8. The minimum Gasteiger partial charge on any atom is -0.462 e. The van der Waals surface area contributed by atoms with E-state index in [1.807, 2.05) is 0 Å². The van der Waals surface area contributed by atoms with Crippen molar-refractivity contribution in [2.75, 3.05) is 13.2 Å². The van der Waals surface area contributed by atoms with Crippen LogP contribution in [0.1, 0.15) is 329 Å². The van der Waals surface area contributed by atoms with E-state index in [1.54, 1.807) is 0 Å². The number of esters is 3. The maximum absolute atomic E-state index is 13.0. The lowest BCUT2D eigenvalue weighted by molar-refractivity contribution is -0.167. The molecule has 0 fully saturated rings. The van der Waals surface area contributed by atoms with Crippen molar-refractivity contribution in [2.45, 2.75) is 335 Å². The van der Waals surface area contributed by atoms with E-state index < -0.39 is 6.10 Å². The molecule has 0 spiro atoms. The molecule has 0 radical (unpaired) electrons. The summed E-state index contributed by atoms with van der Waals surface area (Å²) in [5.41, 5.74) is 0.